The molecule has 0 radical (unpaired) electrons. The van der Waals surface area contributed by atoms with Crippen molar-refractivity contribution in [2.24, 2.45) is 5.73 Å². The highest BCUT2D eigenvalue weighted by Crippen LogP contribution is 2.38. The minimum Gasteiger partial charge on any atom is -0.493 e. The average molecular weight is 408 g/mol. The van der Waals surface area contributed by atoms with Crippen molar-refractivity contribution in [1.29, 1.82) is 0 Å². The number of hydrogen-bond donors (Lipinski definition) is 2. The standard InChI is InChI=1S/C21H33N3O5/c1-15-8-4-6-10-24(15)11-7-5-9-23-21(26)16-12-17(27-2)20(18(13-16)28-3)29-14-19(22)25/h12-13,15H,4-11,14H2,1-3H3,(H2,22,25)(H,23,26). The van der Waals surface area contributed by atoms with Gasteiger partial charge in [0.2, 0.25) is 5.75 Å². The maximum Gasteiger partial charge on any atom is 0.255 e. The van der Waals surface area contributed by atoms with Crippen molar-refractivity contribution < 1.29 is 23.8 Å². The summed E-state index contributed by atoms with van der Waals surface area (Å²) in [5, 5.41) is 2.94. The molecule has 0 saturated carbocycles. The molecule has 1 heterocycles. The SMILES string of the molecule is COc1cc(C(=O)NCCCCN2CCCCC2C)cc(OC)c1OCC(N)=O. The normalized spacial score (nSPS) is 16.9. The van der Waals surface area contributed by atoms with Crippen molar-refractivity contribution >= 4 is 11.8 Å². The van der Waals surface area contributed by atoms with E-state index in [2.05, 4.69) is 17.1 Å². The monoisotopic (exact) mass is 407 g/mol. The highest BCUT2D eigenvalue weighted by Gasteiger charge is 2.19. The molecule has 8 heteroatoms. The van der Waals surface area contributed by atoms with Gasteiger partial charge in [-0.3, -0.25) is 9.59 Å². The van der Waals surface area contributed by atoms with Crippen LogP contribution in [0, 0.1) is 0 Å². The molecular formula is C21H33N3O5. The quantitative estimate of drug-likeness (QED) is 0.544. The van der Waals surface area contributed by atoms with Gasteiger partial charge in [-0.1, -0.05) is 6.42 Å². The van der Waals surface area contributed by atoms with E-state index in [1.807, 2.05) is 0 Å². The summed E-state index contributed by atoms with van der Waals surface area (Å²) in [7, 11) is 2.91. The van der Waals surface area contributed by atoms with E-state index in [9.17, 15) is 9.59 Å². The summed E-state index contributed by atoms with van der Waals surface area (Å²) >= 11 is 0. The molecule has 1 aromatic rings. The second kappa shape index (κ2) is 11.5. The number of nitrogens with two attached hydrogens (primary N) is 1. The fourth-order valence-corrected chi connectivity index (χ4v) is 3.53. The van der Waals surface area contributed by atoms with Gasteiger partial charge in [0.15, 0.2) is 18.1 Å². The number of amides is 2. The molecule has 3 N–H and O–H groups in total. The molecule has 1 aliphatic heterocycles. The van der Waals surface area contributed by atoms with Crippen LogP contribution in [0.25, 0.3) is 0 Å². The number of nitrogens with zero attached hydrogens (tertiary/aromatic N) is 1. The van der Waals surface area contributed by atoms with E-state index in [-0.39, 0.29) is 18.3 Å². The highest BCUT2D eigenvalue weighted by atomic mass is 16.5. The summed E-state index contributed by atoms with van der Waals surface area (Å²) in [4.78, 5) is 26.0. The maximum absolute atomic E-state index is 12.5. The van der Waals surface area contributed by atoms with E-state index < -0.39 is 5.91 Å². The molecule has 1 unspecified atom stereocenters. The Labute approximate surface area is 172 Å². The zero-order valence-corrected chi connectivity index (χ0v) is 17.7. The van der Waals surface area contributed by atoms with Crippen molar-refractivity contribution in [1.82, 2.24) is 10.2 Å². The number of carbonyl (C=O) groups is 2. The lowest BCUT2D eigenvalue weighted by Crippen LogP contribution is -2.38. The van der Waals surface area contributed by atoms with Gasteiger partial charge in [-0.25, -0.2) is 0 Å². The largest absolute Gasteiger partial charge is 0.493 e. The first-order valence-electron chi connectivity index (χ1n) is 10.2. The van der Waals surface area contributed by atoms with Gasteiger partial charge in [0.1, 0.15) is 0 Å². The Morgan fingerprint density at radius 3 is 2.45 bits per heavy atom. The molecule has 1 aliphatic rings. The minimum absolute atomic E-state index is 0.214. The highest BCUT2D eigenvalue weighted by molar-refractivity contribution is 5.95. The van der Waals surface area contributed by atoms with E-state index in [0.29, 0.717) is 29.6 Å². The van der Waals surface area contributed by atoms with Gasteiger partial charge in [-0.15, -0.1) is 0 Å². The molecule has 1 aromatic carbocycles. The molecule has 29 heavy (non-hydrogen) atoms. The van der Waals surface area contributed by atoms with Crippen LogP contribution < -0.4 is 25.3 Å². The van der Waals surface area contributed by atoms with Crippen LogP contribution in [0.4, 0.5) is 0 Å². The first-order valence-corrected chi connectivity index (χ1v) is 10.2. The third kappa shape index (κ3) is 6.81. The first kappa shape index (κ1) is 22.8. The third-order valence-electron chi connectivity index (χ3n) is 5.18. The van der Waals surface area contributed by atoms with E-state index >= 15 is 0 Å². The van der Waals surface area contributed by atoms with Crippen LogP contribution in [0.3, 0.4) is 0 Å². The summed E-state index contributed by atoms with van der Waals surface area (Å²) < 4.78 is 15.9. The van der Waals surface area contributed by atoms with Crippen LogP contribution in [0.2, 0.25) is 0 Å². The second-order valence-corrected chi connectivity index (χ2v) is 7.31. The number of methoxy groups -OCH3 is 2. The predicted octanol–water partition coefficient (Wildman–Crippen LogP) is 1.95. The summed E-state index contributed by atoms with van der Waals surface area (Å²) in [5.74, 6) is 0.00920. The number of benzene rings is 1. The molecule has 2 rings (SSSR count). The molecule has 1 atom stereocenters. The first-order chi connectivity index (χ1) is 14.0. The smallest absolute Gasteiger partial charge is 0.255 e. The summed E-state index contributed by atoms with van der Waals surface area (Å²) in [6.07, 6.45) is 5.86. The van der Waals surface area contributed by atoms with Crippen molar-refractivity contribution in [3.05, 3.63) is 17.7 Å². The van der Waals surface area contributed by atoms with Crippen molar-refractivity contribution in [3.63, 3.8) is 0 Å². The fraction of sp³-hybridized carbons (Fsp3) is 0.619. The number of hydrogen-bond acceptors (Lipinski definition) is 6. The molecule has 8 nitrogen and oxygen atoms in total. The zero-order chi connectivity index (χ0) is 21.2. The molecule has 1 fully saturated rings. The number of likely N-dealkylation sites (tertiary alicyclic amines) is 1. The van der Waals surface area contributed by atoms with Crippen molar-refractivity contribution in [3.8, 4) is 17.2 Å². The number of piperidine rings is 1. The lowest BCUT2D eigenvalue weighted by Gasteiger charge is -2.33. The van der Waals surface area contributed by atoms with E-state index in [0.717, 1.165) is 19.4 Å². The Hall–Kier alpha value is -2.48. The van der Waals surface area contributed by atoms with Crippen LogP contribution in [0.5, 0.6) is 17.2 Å². The Morgan fingerprint density at radius 1 is 1.17 bits per heavy atom. The Morgan fingerprint density at radius 2 is 1.86 bits per heavy atom. The molecule has 1 saturated heterocycles. The number of unbranched alkanes of at least 4 members (excludes halogenated alkanes) is 1. The molecular weight excluding hydrogens is 374 g/mol. The van der Waals surface area contributed by atoms with Gasteiger partial charge in [-0.2, -0.15) is 0 Å². The number of rotatable bonds is 11. The maximum atomic E-state index is 12.5. The van der Waals surface area contributed by atoms with Gasteiger partial charge < -0.3 is 30.2 Å². The van der Waals surface area contributed by atoms with Crippen molar-refractivity contribution in [2.75, 3.05) is 40.5 Å². The van der Waals surface area contributed by atoms with E-state index in [1.54, 1.807) is 12.1 Å². The van der Waals surface area contributed by atoms with Gasteiger partial charge in [-0.05, 0) is 57.8 Å². The van der Waals surface area contributed by atoms with E-state index in [1.165, 1.54) is 40.0 Å². The fourth-order valence-electron chi connectivity index (χ4n) is 3.53. The zero-order valence-electron chi connectivity index (χ0n) is 17.7. The Balaban J connectivity index is 1.88. The number of ether oxygens (including phenoxy) is 3. The van der Waals surface area contributed by atoms with Gasteiger partial charge >= 0.3 is 0 Å². The molecule has 0 spiro atoms. The van der Waals surface area contributed by atoms with Crippen LogP contribution >= 0.6 is 0 Å². The van der Waals surface area contributed by atoms with Crippen LogP contribution in [-0.2, 0) is 4.79 Å². The molecule has 2 amide bonds. The molecule has 162 valence electrons. The van der Waals surface area contributed by atoms with Gasteiger partial charge in [0, 0.05) is 18.2 Å². The average Bonchev–Trinajstić information content (AvgIpc) is 2.72. The number of primary amides is 1. The summed E-state index contributed by atoms with van der Waals surface area (Å²) in [5.41, 5.74) is 5.52. The second-order valence-electron chi connectivity index (χ2n) is 7.31. The lowest BCUT2D eigenvalue weighted by molar-refractivity contribution is -0.120. The number of nitrogens with one attached hydrogen (secondary N) is 1. The van der Waals surface area contributed by atoms with Gasteiger partial charge in [0.05, 0.1) is 14.2 Å². The summed E-state index contributed by atoms with van der Waals surface area (Å²) in [6, 6.07) is 3.78. The third-order valence-corrected chi connectivity index (χ3v) is 5.18. The van der Waals surface area contributed by atoms with Crippen LogP contribution in [0.15, 0.2) is 12.1 Å². The predicted molar refractivity (Wildman–Crippen MR) is 111 cm³/mol. The topological polar surface area (TPSA) is 103 Å². The van der Waals surface area contributed by atoms with E-state index in [4.69, 9.17) is 19.9 Å². The molecule has 0 aromatic heterocycles. The van der Waals surface area contributed by atoms with Crippen LogP contribution in [-0.4, -0.2) is 63.2 Å². The van der Waals surface area contributed by atoms with Crippen LogP contribution in [0.1, 0.15) is 49.4 Å². The van der Waals surface area contributed by atoms with Crippen molar-refractivity contribution in [2.45, 2.75) is 45.1 Å². The van der Waals surface area contributed by atoms with Gasteiger partial charge in [0.25, 0.3) is 11.8 Å². The molecule has 0 bridgehead atoms. The number of carbonyl (C=O) groups excluding carboxylic acids is 2. The minimum atomic E-state index is -0.616. The Bertz CT molecular complexity index is 670. The lowest BCUT2D eigenvalue weighted by atomic mass is 10.0. The Kier molecular flexibility index (Phi) is 9.05. The molecule has 0 aliphatic carbocycles. The summed E-state index contributed by atoms with van der Waals surface area (Å²) in [6.45, 7) is 4.83.